The fourth-order valence-electron chi connectivity index (χ4n) is 2.27. The molecule has 1 aromatic carbocycles. The number of aromatic nitrogens is 3. The molecule has 0 aliphatic heterocycles. The van der Waals surface area contributed by atoms with Crippen molar-refractivity contribution in [1.29, 1.82) is 0 Å². The van der Waals surface area contributed by atoms with E-state index in [9.17, 15) is 13.6 Å². The minimum absolute atomic E-state index is 0.156. The number of amides is 2. The van der Waals surface area contributed by atoms with E-state index in [1.54, 1.807) is 23.3 Å². The summed E-state index contributed by atoms with van der Waals surface area (Å²) in [4.78, 5) is 16.0. The van der Waals surface area contributed by atoms with E-state index in [1.165, 1.54) is 6.07 Å². The van der Waals surface area contributed by atoms with Gasteiger partial charge < -0.3 is 10.6 Å². The molecule has 2 aromatic heterocycles. The van der Waals surface area contributed by atoms with Gasteiger partial charge in [0.1, 0.15) is 17.3 Å². The van der Waals surface area contributed by atoms with E-state index >= 15 is 0 Å². The third-order valence-corrected chi connectivity index (χ3v) is 3.49. The summed E-state index contributed by atoms with van der Waals surface area (Å²) in [6.07, 6.45) is 6.85. The average molecular weight is 343 g/mol. The van der Waals surface area contributed by atoms with Gasteiger partial charge in [-0.3, -0.25) is 9.67 Å². The Morgan fingerprint density at radius 3 is 2.60 bits per heavy atom. The van der Waals surface area contributed by atoms with Crippen molar-refractivity contribution in [2.24, 2.45) is 7.05 Å². The van der Waals surface area contributed by atoms with E-state index in [-0.39, 0.29) is 6.54 Å². The molecule has 3 rings (SSSR count). The number of pyridine rings is 1. The Balaban J connectivity index is 1.64. The summed E-state index contributed by atoms with van der Waals surface area (Å²) in [6, 6.07) is 4.51. The van der Waals surface area contributed by atoms with Gasteiger partial charge in [-0.25, -0.2) is 13.6 Å². The van der Waals surface area contributed by atoms with Crippen LogP contribution < -0.4 is 10.6 Å². The highest BCUT2D eigenvalue weighted by Gasteiger charge is 2.11. The lowest BCUT2D eigenvalue weighted by Crippen LogP contribution is -2.29. The molecule has 2 amide bonds. The molecule has 0 aliphatic rings. The minimum atomic E-state index is -0.838. The number of hydrogen-bond acceptors (Lipinski definition) is 3. The monoisotopic (exact) mass is 343 g/mol. The summed E-state index contributed by atoms with van der Waals surface area (Å²) in [5, 5.41) is 8.80. The van der Waals surface area contributed by atoms with Gasteiger partial charge in [0.15, 0.2) is 0 Å². The summed E-state index contributed by atoms with van der Waals surface area (Å²) in [6.45, 7) is 0.156. The van der Waals surface area contributed by atoms with Gasteiger partial charge in [0.25, 0.3) is 0 Å². The lowest BCUT2D eigenvalue weighted by atomic mass is 10.1. The molecule has 3 aromatic rings. The molecular formula is C17H15F2N5O. The molecule has 0 saturated heterocycles. The number of rotatable bonds is 4. The van der Waals surface area contributed by atoms with E-state index < -0.39 is 23.4 Å². The van der Waals surface area contributed by atoms with Crippen LogP contribution in [0.4, 0.5) is 19.3 Å². The second-order valence-electron chi connectivity index (χ2n) is 5.39. The number of urea groups is 1. The van der Waals surface area contributed by atoms with Crippen molar-refractivity contribution in [3.8, 4) is 11.1 Å². The number of carbonyl (C=O) groups excluding carboxylic acids is 1. The first kappa shape index (κ1) is 16.6. The number of benzene rings is 1. The summed E-state index contributed by atoms with van der Waals surface area (Å²) in [5.41, 5.74) is 2.01. The van der Waals surface area contributed by atoms with Gasteiger partial charge in [-0.05, 0) is 23.8 Å². The molecule has 0 spiro atoms. The van der Waals surface area contributed by atoms with Gasteiger partial charge in [0, 0.05) is 43.3 Å². The second-order valence-corrected chi connectivity index (χ2v) is 5.39. The summed E-state index contributed by atoms with van der Waals surface area (Å²) < 4.78 is 28.7. The summed E-state index contributed by atoms with van der Waals surface area (Å²) in [5.74, 6) is -1.68. The third-order valence-electron chi connectivity index (χ3n) is 3.49. The zero-order valence-electron chi connectivity index (χ0n) is 13.3. The predicted octanol–water partition coefficient (Wildman–Crippen LogP) is 3.08. The Morgan fingerprint density at radius 2 is 1.92 bits per heavy atom. The van der Waals surface area contributed by atoms with Crippen LogP contribution in [0.2, 0.25) is 0 Å². The maximum Gasteiger partial charge on any atom is 0.319 e. The summed E-state index contributed by atoms with van der Waals surface area (Å²) in [7, 11) is 1.81. The lowest BCUT2D eigenvalue weighted by molar-refractivity contribution is 0.251. The Bertz CT molecular complexity index is 889. The molecular weight excluding hydrogens is 328 g/mol. The fourth-order valence-corrected chi connectivity index (χ4v) is 2.27. The average Bonchev–Trinajstić information content (AvgIpc) is 3.03. The van der Waals surface area contributed by atoms with Gasteiger partial charge in [-0.15, -0.1) is 0 Å². The van der Waals surface area contributed by atoms with Crippen LogP contribution in [-0.2, 0) is 13.6 Å². The zero-order chi connectivity index (χ0) is 17.8. The molecule has 25 heavy (non-hydrogen) atoms. The number of para-hydroxylation sites is 1. The first-order chi connectivity index (χ1) is 12.0. The fraction of sp³-hybridized carbons (Fsp3) is 0.118. The van der Waals surface area contributed by atoms with Crippen molar-refractivity contribution in [1.82, 2.24) is 20.1 Å². The summed E-state index contributed by atoms with van der Waals surface area (Å²) >= 11 is 0. The number of carbonyl (C=O) groups is 1. The van der Waals surface area contributed by atoms with Gasteiger partial charge in [-0.1, -0.05) is 6.07 Å². The molecule has 6 nitrogen and oxygen atoms in total. The highest BCUT2D eigenvalue weighted by atomic mass is 19.1. The van der Waals surface area contributed by atoms with E-state index in [0.717, 1.165) is 28.8 Å². The van der Waals surface area contributed by atoms with Crippen LogP contribution in [0.1, 0.15) is 5.56 Å². The quantitative estimate of drug-likeness (QED) is 0.765. The predicted molar refractivity (Wildman–Crippen MR) is 88.7 cm³/mol. The number of halogens is 2. The van der Waals surface area contributed by atoms with Gasteiger partial charge in [0.2, 0.25) is 0 Å². The smallest absolute Gasteiger partial charge is 0.319 e. The van der Waals surface area contributed by atoms with Crippen LogP contribution in [0.5, 0.6) is 0 Å². The van der Waals surface area contributed by atoms with E-state index in [0.29, 0.717) is 0 Å². The van der Waals surface area contributed by atoms with E-state index in [1.807, 2.05) is 19.3 Å². The van der Waals surface area contributed by atoms with E-state index in [4.69, 9.17) is 0 Å². The topological polar surface area (TPSA) is 71.8 Å². The Labute approximate surface area is 142 Å². The normalized spacial score (nSPS) is 10.5. The minimum Gasteiger partial charge on any atom is -0.334 e. The first-order valence-corrected chi connectivity index (χ1v) is 7.45. The molecule has 0 aliphatic carbocycles. The van der Waals surface area contributed by atoms with Gasteiger partial charge in [-0.2, -0.15) is 5.10 Å². The van der Waals surface area contributed by atoms with Crippen molar-refractivity contribution in [3.05, 3.63) is 66.3 Å². The Morgan fingerprint density at radius 1 is 1.16 bits per heavy atom. The highest BCUT2D eigenvalue weighted by Crippen LogP contribution is 2.19. The van der Waals surface area contributed by atoms with Crippen LogP contribution in [0.25, 0.3) is 11.1 Å². The van der Waals surface area contributed by atoms with Gasteiger partial charge in [0.05, 0.1) is 6.20 Å². The second kappa shape index (κ2) is 7.08. The highest BCUT2D eigenvalue weighted by molar-refractivity contribution is 5.89. The number of aryl methyl sites for hydroxylation is 1. The van der Waals surface area contributed by atoms with Crippen molar-refractivity contribution in [2.75, 3.05) is 5.32 Å². The maximum absolute atomic E-state index is 13.5. The molecule has 0 atom stereocenters. The number of hydrogen-bond donors (Lipinski definition) is 2. The van der Waals surface area contributed by atoms with E-state index in [2.05, 4.69) is 20.7 Å². The molecule has 128 valence electrons. The Hall–Kier alpha value is -3.29. The van der Waals surface area contributed by atoms with Gasteiger partial charge >= 0.3 is 6.03 Å². The third kappa shape index (κ3) is 3.97. The largest absolute Gasteiger partial charge is 0.334 e. The van der Waals surface area contributed by atoms with Crippen LogP contribution in [-0.4, -0.2) is 20.8 Å². The van der Waals surface area contributed by atoms with Crippen LogP contribution in [0.3, 0.4) is 0 Å². The van der Waals surface area contributed by atoms with Crippen molar-refractivity contribution >= 4 is 11.7 Å². The molecule has 0 radical (unpaired) electrons. The van der Waals surface area contributed by atoms with Crippen molar-refractivity contribution in [2.45, 2.75) is 6.54 Å². The number of nitrogens with zero attached hydrogens (tertiary/aromatic N) is 3. The standard InChI is InChI=1S/C17H15F2N5O/c1-24-10-13(9-22-24)12-5-11(6-20-8-12)7-21-17(25)23-16-14(18)3-2-4-15(16)19/h2-6,8-10H,7H2,1H3,(H2,21,23,25). The number of anilines is 1. The molecule has 0 unspecified atom stereocenters. The molecule has 0 saturated carbocycles. The molecule has 0 bridgehead atoms. The molecule has 8 heteroatoms. The SMILES string of the molecule is Cn1cc(-c2cncc(CNC(=O)Nc3c(F)cccc3F)c2)cn1. The first-order valence-electron chi connectivity index (χ1n) is 7.45. The van der Waals surface area contributed by atoms with Crippen LogP contribution in [0.15, 0.2) is 49.1 Å². The van der Waals surface area contributed by atoms with Crippen molar-refractivity contribution < 1.29 is 13.6 Å². The Kier molecular flexibility index (Phi) is 4.69. The number of nitrogens with one attached hydrogen (secondary N) is 2. The molecule has 0 fully saturated rings. The zero-order valence-corrected chi connectivity index (χ0v) is 13.3. The maximum atomic E-state index is 13.5. The molecule has 2 N–H and O–H groups in total. The molecule has 2 heterocycles. The van der Waals surface area contributed by atoms with Crippen LogP contribution >= 0.6 is 0 Å². The van der Waals surface area contributed by atoms with Crippen LogP contribution in [0, 0.1) is 11.6 Å². The van der Waals surface area contributed by atoms with Crippen molar-refractivity contribution in [3.63, 3.8) is 0 Å². The lowest BCUT2D eigenvalue weighted by Gasteiger charge is -2.09.